The van der Waals surface area contributed by atoms with Gasteiger partial charge < -0.3 is 5.32 Å². The van der Waals surface area contributed by atoms with Crippen molar-refractivity contribution in [3.05, 3.63) is 9.08 Å². The van der Waals surface area contributed by atoms with Gasteiger partial charge in [0.25, 0.3) is 0 Å². The minimum absolute atomic E-state index is 1.02. The van der Waals surface area contributed by atoms with Gasteiger partial charge in [0.1, 0.15) is 0 Å². The SMILES string of the molecule is CCCNc1ncc(I)s1. The highest BCUT2D eigenvalue weighted by molar-refractivity contribution is 14.1. The highest BCUT2D eigenvalue weighted by Crippen LogP contribution is 2.18. The summed E-state index contributed by atoms with van der Waals surface area (Å²) in [4.78, 5) is 4.15. The zero-order chi connectivity index (χ0) is 7.40. The van der Waals surface area contributed by atoms with Crippen molar-refractivity contribution in [2.75, 3.05) is 11.9 Å². The Hall–Kier alpha value is 0.160. The predicted octanol–water partition coefficient (Wildman–Crippen LogP) is 2.57. The molecule has 0 bridgehead atoms. The molecule has 0 aliphatic heterocycles. The summed E-state index contributed by atoms with van der Waals surface area (Å²) in [5.74, 6) is 0. The van der Waals surface area contributed by atoms with Gasteiger partial charge in [-0.25, -0.2) is 4.98 Å². The van der Waals surface area contributed by atoms with E-state index in [1.54, 1.807) is 11.3 Å². The molecule has 0 aliphatic carbocycles. The summed E-state index contributed by atoms with van der Waals surface area (Å²) in [6.07, 6.45) is 3.03. The Kier molecular flexibility index (Phi) is 3.41. The van der Waals surface area contributed by atoms with Crippen molar-refractivity contribution < 1.29 is 0 Å². The first-order valence-corrected chi connectivity index (χ1v) is 5.07. The zero-order valence-corrected chi connectivity index (χ0v) is 8.70. The molecule has 1 rings (SSSR count). The van der Waals surface area contributed by atoms with Crippen LogP contribution in [0.3, 0.4) is 0 Å². The Morgan fingerprint density at radius 3 is 3.10 bits per heavy atom. The normalized spacial score (nSPS) is 9.80. The van der Waals surface area contributed by atoms with E-state index in [0.29, 0.717) is 0 Å². The highest BCUT2D eigenvalue weighted by Gasteiger charge is 1.95. The number of thiazole rings is 1. The molecular formula is C6H9IN2S. The molecule has 0 atom stereocenters. The Morgan fingerprint density at radius 2 is 2.60 bits per heavy atom. The van der Waals surface area contributed by atoms with Crippen LogP contribution in [0.4, 0.5) is 5.13 Å². The molecule has 0 unspecified atom stereocenters. The Balaban J connectivity index is 2.42. The van der Waals surface area contributed by atoms with Crippen molar-refractivity contribution in [3.8, 4) is 0 Å². The van der Waals surface area contributed by atoms with Crippen molar-refractivity contribution in [1.29, 1.82) is 0 Å². The first kappa shape index (κ1) is 8.26. The van der Waals surface area contributed by atoms with E-state index in [2.05, 4.69) is 39.8 Å². The molecule has 1 N–H and O–H groups in total. The summed E-state index contributed by atoms with van der Waals surface area (Å²) in [5.41, 5.74) is 0. The van der Waals surface area contributed by atoms with E-state index < -0.39 is 0 Å². The van der Waals surface area contributed by atoms with Gasteiger partial charge in [-0.2, -0.15) is 0 Å². The van der Waals surface area contributed by atoms with Gasteiger partial charge in [-0.1, -0.05) is 18.3 Å². The summed E-state index contributed by atoms with van der Waals surface area (Å²) in [5, 5.41) is 4.25. The maximum atomic E-state index is 4.15. The fraction of sp³-hybridized carbons (Fsp3) is 0.500. The average Bonchev–Trinajstić information content (AvgIpc) is 2.31. The Bertz CT molecular complexity index is 199. The maximum Gasteiger partial charge on any atom is 0.183 e. The van der Waals surface area contributed by atoms with E-state index in [0.717, 1.165) is 18.1 Å². The van der Waals surface area contributed by atoms with Crippen LogP contribution in [-0.4, -0.2) is 11.5 Å². The maximum absolute atomic E-state index is 4.15. The van der Waals surface area contributed by atoms with Gasteiger partial charge in [-0.05, 0) is 29.0 Å². The molecule has 0 spiro atoms. The molecule has 0 aliphatic rings. The summed E-state index contributed by atoms with van der Waals surface area (Å²) in [6.45, 7) is 3.16. The van der Waals surface area contributed by atoms with E-state index in [-0.39, 0.29) is 0 Å². The number of anilines is 1. The topological polar surface area (TPSA) is 24.9 Å². The van der Waals surface area contributed by atoms with Crippen LogP contribution in [-0.2, 0) is 0 Å². The molecule has 0 aromatic carbocycles. The molecule has 1 aromatic rings. The standard InChI is InChI=1S/C6H9IN2S/c1-2-3-8-6-9-4-5(7)10-6/h4H,2-3H2,1H3,(H,8,9). The predicted molar refractivity (Wildman–Crippen MR) is 53.6 cm³/mol. The smallest absolute Gasteiger partial charge is 0.183 e. The summed E-state index contributed by atoms with van der Waals surface area (Å²) in [7, 11) is 0. The molecule has 0 amide bonds. The first-order valence-electron chi connectivity index (χ1n) is 3.18. The minimum Gasteiger partial charge on any atom is -0.362 e. The lowest BCUT2D eigenvalue weighted by Crippen LogP contribution is -1.97. The fourth-order valence-corrected chi connectivity index (χ4v) is 1.90. The van der Waals surface area contributed by atoms with Crippen LogP contribution in [0.15, 0.2) is 6.20 Å². The van der Waals surface area contributed by atoms with Crippen LogP contribution in [0, 0.1) is 2.88 Å². The van der Waals surface area contributed by atoms with E-state index >= 15 is 0 Å². The van der Waals surface area contributed by atoms with Gasteiger partial charge in [-0.3, -0.25) is 0 Å². The third-order valence-electron chi connectivity index (χ3n) is 1.00. The molecule has 1 aromatic heterocycles. The van der Waals surface area contributed by atoms with E-state index in [1.165, 1.54) is 2.88 Å². The summed E-state index contributed by atoms with van der Waals surface area (Å²) >= 11 is 3.96. The minimum atomic E-state index is 1.02. The third-order valence-corrected chi connectivity index (χ3v) is 2.69. The quantitative estimate of drug-likeness (QED) is 0.852. The van der Waals surface area contributed by atoms with E-state index in [9.17, 15) is 0 Å². The van der Waals surface area contributed by atoms with Crippen molar-refractivity contribution in [2.24, 2.45) is 0 Å². The molecule has 0 radical (unpaired) electrons. The van der Waals surface area contributed by atoms with Gasteiger partial charge in [-0.15, -0.1) is 0 Å². The Morgan fingerprint density at radius 1 is 1.80 bits per heavy atom. The largest absolute Gasteiger partial charge is 0.362 e. The van der Waals surface area contributed by atoms with E-state index in [1.807, 2.05) is 6.20 Å². The Labute approximate surface area is 78.2 Å². The van der Waals surface area contributed by atoms with E-state index in [4.69, 9.17) is 0 Å². The molecule has 2 nitrogen and oxygen atoms in total. The number of halogens is 1. The number of hydrogen-bond acceptors (Lipinski definition) is 3. The second-order valence-corrected chi connectivity index (χ2v) is 4.82. The molecule has 0 saturated heterocycles. The number of aromatic nitrogens is 1. The lowest BCUT2D eigenvalue weighted by atomic mass is 10.5. The lowest BCUT2D eigenvalue weighted by Gasteiger charge is -1.95. The van der Waals surface area contributed by atoms with Gasteiger partial charge in [0.2, 0.25) is 0 Å². The molecular weight excluding hydrogens is 259 g/mol. The molecule has 1 heterocycles. The van der Waals surface area contributed by atoms with Crippen LogP contribution >= 0.6 is 33.9 Å². The lowest BCUT2D eigenvalue weighted by molar-refractivity contribution is 0.976. The van der Waals surface area contributed by atoms with Crippen molar-refractivity contribution in [3.63, 3.8) is 0 Å². The van der Waals surface area contributed by atoms with Gasteiger partial charge >= 0.3 is 0 Å². The molecule has 0 fully saturated rings. The van der Waals surface area contributed by atoms with Gasteiger partial charge in [0.15, 0.2) is 5.13 Å². The summed E-state index contributed by atoms with van der Waals surface area (Å²) in [6, 6.07) is 0. The van der Waals surface area contributed by atoms with Crippen LogP contribution < -0.4 is 5.32 Å². The van der Waals surface area contributed by atoms with Crippen LogP contribution in [0.1, 0.15) is 13.3 Å². The van der Waals surface area contributed by atoms with Crippen LogP contribution in [0.2, 0.25) is 0 Å². The average molecular weight is 268 g/mol. The highest BCUT2D eigenvalue weighted by atomic mass is 127. The fourth-order valence-electron chi connectivity index (χ4n) is 0.568. The molecule has 4 heteroatoms. The monoisotopic (exact) mass is 268 g/mol. The molecule has 0 saturated carbocycles. The number of nitrogens with one attached hydrogen (secondary N) is 1. The van der Waals surface area contributed by atoms with Crippen molar-refractivity contribution >= 4 is 39.1 Å². The number of nitrogens with zero attached hydrogens (tertiary/aromatic N) is 1. The van der Waals surface area contributed by atoms with Gasteiger partial charge in [0, 0.05) is 6.54 Å². The zero-order valence-electron chi connectivity index (χ0n) is 5.72. The number of hydrogen-bond donors (Lipinski definition) is 1. The summed E-state index contributed by atoms with van der Waals surface area (Å²) < 4.78 is 1.23. The van der Waals surface area contributed by atoms with Gasteiger partial charge in [0.05, 0.1) is 9.08 Å². The van der Waals surface area contributed by atoms with Crippen molar-refractivity contribution in [1.82, 2.24) is 4.98 Å². The van der Waals surface area contributed by atoms with Crippen LogP contribution in [0.5, 0.6) is 0 Å². The number of rotatable bonds is 3. The third kappa shape index (κ3) is 2.42. The molecule has 10 heavy (non-hydrogen) atoms. The second kappa shape index (κ2) is 4.12. The molecule has 56 valence electrons. The second-order valence-electron chi connectivity index (χ2n) is 1.90. The van der Waals surface area contributed by atoms with Crippen molar-refractivity contribution in [2.45, 2.75) is 13.3 Å². The van der Waals surface area contributed by atoms with Crippen LogP contribution in [0.25, 0.3) is 0 Å². The first-order chi connectivity index (χ1) is 4.83.